The maximum absolute atomic E-state index is 12.0. The number of piperidine rings is 1. The second-order valence-electron chi connectivity index (χ2n) is 5.99. The minimum absolute atomic E-state index is 0.0142. The normalized spacial score (nSPS) is 15.3. The third-order valence-corrected chi connectivity index (χ3v) is 4.30. The Morgan fingerprint density at radius 3 is 2.62 bits per heavy atom. The summed E-state index contributed by atoms with van der Waals surface area (Å²) in [6, 6.07) is 9.38. The van der Waals surface area contributed by atoms with E-state index in [1.54, 1.807) is 18.2 Å². The molecule has 0 radical (unpaired) electrons. The van der Waals surface area contributed by atoms with E-state index < -0.39 is 4.92 Å². The topological polar surface area (TPSA) is 81.3 Å². The monoisotopic (exact) mass is 328 g/mol. The lowest BCUT2D eigenvalue weighted by atomic mass is 10.1. The van der Waals surface area contributed by atoms with Crippen molar-refractivity contribution in [3.8, 4) is 11.3 Å². The first-order valence-electron chi connectivity index (χ1n) is 8.19. The second-order valence-corrected chi connectivity index (χ2v) is 5.99. The van der Waals surface area contributed by atoms with Crippen LogP contribution in [0.25, 0.3) is 11.3 Å². The number of non-ortho nitro benzene ring substituents is 1. The molecule has 7 heteroatoms. The van der Waals surface area contributed by atoms with Gasteiger partial charge in [0.05, 0.1) is 17.2 Å². The van der Waals surface area contributed by atoms with E-state index in [-0.39, 0.29) is 11.2 Å². The van der Waals surface area contributed by atoms with Gasteiger partial charge in [0.1, 0.15) is 0 Å². The van der Waals surface area contributed by atoms with Crippen molar-refractivity contribution in [1.82, 2.24) is 14.7 Å². The van der Waals surface area contributed by atoms with E-state index in [9.17, 15) is 14.9 Å². The van der Waals surface area contributed by atoms with Gasteiger partial charge in [0.25, 0.3) is 11.2 Å². The van der Waals surface area contributed by atoms with Gasteiger partial charge in [-0.3, -0.25) is 14.9 Å². The van der Waals surface area contributed by atoms with Gasteiger partial charge in [0.2, 0.25) is 0 Å². The Hall–Kier alpha value is -2.54. The van der Waals surface area contributed by atoms with Crippen LogP contribution in [0.5, 0.6) is 0 Å². The first-order valence-corrected chi connectivity index (χ1v) is 8.19. The molecule has 0 unspecified atom stereocenters. The Bertz CT molecular complexity index is 781. The molecule has 0 N–H and O–H groups in total. The Morgan fingerprint density at radius 1 is 1.08 bits per heavy atom. The number of nitrogens with zero attached hydrogens (tertiary/aromatic N) is 4. The molecule has 1 aromatic heterocycles. The molecule has 1 aliphatic rings. The van der Waals surface area contributed by atoms with E-state index in [0.717, 1.165) is 19.6 Å². The second kappa shape index (κ2) is 7.35. The number of benzene rings is 1. The minimum atomic E-state index is -0.435. The highest BCUT2D eigenvalue weighted by Crippen LogP contribution is 2.21. The average molecular weight is 328 g/mol. The van der Waals surface area contributed by atoms with Crippen LogP contribution in [0, 0.1) is 10.1 Å². The molecule has 1 saturated heterocycles. The largest absolute Gasteiger partial charge is 0.301 e. The molecule has 3 rings (SSSR count). The van der Waals surface area contributed by atoms with Gasteiger partial charge in [-0.25, -0.2) is 4.68 Å². The van der Waals surface area contributed by atoms with Crippen LogP contribution in [0.3, 0.4) is 0 Å². The highest BCUT2D eigenvalue weighted by Gasteiger charge is 2.12. The minimum Gasteiger partial charge on any atom is -0.301 e. The van der Waals surface area contributed by atoms with Crippen LogP contribution in [0.4, 0.5) is 5.69 Å². The predicted molar refractivity (Wildman–Crippen MR) is 90.9 cm³/mol. The first-order chi connectivity index (χ1) is 11.6. The zero-order valence-electron chi connectivity index (χ0n) is 13.4. The summed E-state index contributed by atoms with van der Waals surface area (Å²) in [5.74, 6) is 0. The predicted octanol–water partition coefficient (Wildman–Crippen LogP) is 2.30. The lowest BCUT2D eigenvalue weighted by Gasteiger charge is -2.26. The summed E-state index contributed by atoms with van der Waals surface area (Å²) in [5, 5.41) is 15.3. The Balaban J connectivity index is 1.79. The van der Waals surface area contributed by atoms with E-state index in [1.807, 2.05) is 0 Å². The van der Waals surface area contributed by atoms with Crippen molar-refractivity contribution in [2.24, 2.45) is 0 Å². The molecule has 0 bridgehead atoms. The number of nitro benzene ring substituents is 1. The average Bonchev–Trinajstić information content (AvgIpc) is 2.62. The lowest BCUT2D eigenvalue weighted by molar-refractivity contribution is -0.384. The molecule has 0 saturated carbocycles. The highest BCUT2D eigenvalue weighted by molar-refractivity contribution is 5.61. The van der Waals surface area contributed by atoms with Crippen molar-refractivity contribution in [2.45, 2.75) is 25.8 Å². The highest BCUT2D eigenvalue weighted by atomic mass is 16.6. The molecular weight excluding hydrogens is 308 g/mol. The zero-order valence-corrected chi connectivity index (χ0v) is 13.4. The van der Waals surface area contributed by atoms with Gasteiger partial charge >= 0.3 is 0 Å². The summed E-state index contributed by atoms with van der Waals surface area (Å²) in [5.41, 5.74) is 1.06. The van der Waals surface area contributed by atoms with Crippen molar-refractivity contribution in [2.75, 3.05) is 19.6 Å². The molecule has 0 aliphatic carbocycles. The molecule has 0 atom stereocenters. The number of likely N-dealkylation sites (tertiary alicyclic amines) is 1. The van der Waals surface area contributed by atoms with Crippen molar-refractivity contribution in [3.63, 3.8) is 0 Å². The quantitative estimate of drug-likeness (QED) is 0.621. The molecule has 126 valence electrons. The summed E-state index contributed by atoms with van der Waals surface area (Å²) in [4.78, 5) is 24.8. The number of hydrogen-bond donors (Lipinski definition) is 0. The van der Waals surface area contributed by atoms with Gasteiger partial charge in [0, 0.05) is 30.3 Å². The molecule has 1 aliphatic heterocycles. The molecule has 2 aromatic rings. The molecular formula is C17H20N4O3. The fraction of sp³-hybridized carbons (Fsp3) is 0.412. The Labute approximate surface area is 139 Å². The fourth-order valence-electron chi connectivity index (χ4n) is 2.96. The van der Waals surface area contributed by atoms with Crippen LogP contribution in [-0.2, 0) is 6.54 Å². The lowest BCUT2D eigenvalue weighted by Crippen LogP contribution is -2.35. The van der Waals surface area contributed by atoms with Gasteiger partial charge in [-0.2, -0.15) is 5.10 Å². The van der Waals surface area contributed by atoms with E-state index in [1.165, 1.54) is 42.1 Å². The molecule has 24 heavy (non-hydrogen) atoms. The van der Waals surface area contributed by atoms with Crippen LogP contribution >= 0.6 is 0 Å². The summed E-state index contributed by atoms with van der Waals surface area (Å²) >= 11 is 0. The van der Waals surface area contributed by atoms with Gasteiger partial charge in [0.15, 0.2) is 0 Å². The molecule has 1 aromatic carbocycles. The van der Waals surface area contributed by atoms with E-state index in [2.05, 4.69) is 10.00 Å². The van der Waals surface area contributed by atoms with E-state index >= 15 is 0 Å². The third-order valence-electron chi connectivity index (χ3n) is 4.30. The van der Waals surface area contributed by atoms with Crippen LogP contribution in [0.1, 0.15) is 19.3 Å². The summed E-state index contributed by atoms with van der Waals surface area (Å²) in [6.45, 7) is 3.46. The fourth-order valence-corrected chi connectivity index (χ4v) is 2.96. The number of aromatic nitrogens is 2. The van der Waals surface area contributed by atoms with Crippen LogP contribution in [0.15, 0.2) is 41.2 Å². The third kappa shape index (κ3) is 3.86. The maximum atomic E-state index is 12.0. The Morgan fingerprint density at radius 2 is 1.88 bits per heavy atom. The van der Waals surface area contributed by atoms with Gasteiger partial charge in [-0.05, 0) is 32.0 Å². The van der Waals surface area contributed by atoms with Crippen LogP contribution in [-0.4, -0.2) is 39.2 Å². The molecule has 1 fully saturated rings. The molecule has 0 amide bonds. The number of nitro groups is 1. The van der Waals surface area contributed by atoms with Crippen molar-refractivity contribution in [1.29, 1.82) is 0 Å². The number of hydrogen-bond acceptors (Lipinski definition) is 5. The van der Waals surface area contributed by atoms with Gasteiger partial charge < -0.3 is 4.90 Å². The van der Waals surface area contributed by atoms with E-state index in [4.69, 9.17) is 0 Å². The molecule has 2 heterocycles. The SMILES string of the molecule is O=c1ccc(-c2cccc([N+](=O)[O-])c2)nn1CCN1CCCCC1. The van der Waals surface area contributed by atoms with Crippen molar-refractivity contribution in [3.05, 3.63) is 56.9 Å². The first kappa shape index (κ1) is 16.3. The summed E-state index contributed by atoms with van der Waals surface area (Å²) in [6.07, 6.45) is 3.68. The van der Waals surface area contributed by atoms with Crippen molar-refractivity contribution < 1.29 is 4.92 Å². The number of rotatable bonds is 5. The standard InChI is InChI=1S/C17H20N4O3/c22-17-8-7-16(14-5-4-6-15(13-14)21(23)24)18-20(17)12-11-19-9-2-1-3-10-19/h4-8,13H,1-3,9-12H2. The summed E-state index contributed by atoms with van der Waals surface area (Å²) in [7, 11) is 0. The molecule has 7 nitrogen and oxygen atoms in total. The smallest absolute Gasteiger partial charge is 0.270 e. The van der Waals surface area contributed by atoms with Crippen LogP contribution < -0.4 is 5.56 Å². The van der Waals surface area contributed by atoms with E-state index in [0.29, 0.717) is 17.8 Å². The Kier molecular flexibility index (Phi) is 5.00. The van der Waals surface area contributed by atoms with Crippen LogP contribution in [0.2, 0.25) is 0 Å². The van der Waals surface area contributed by atoms with Gasteiger partial charge in [-0.15, -0.1) is 0 Å². The molecule has 0 spiro atoms. The maximum Gasteiger partial charge on any atom is 0.270 e. The zero-order chi connectivity index (χ0) is 16.9. The summed E-state index contributed by atoms with van der Waals surface area (Å²) < 4.78 is 1.45. The van der Waals surface area contributed by atoms with Gasteiger partial charge in [-0.1, -0.05) is 18.6 Å². The van der Waals surface area contributed by atoms with Crippen molar-refractivity contribution >= 4 is 5.69 Å².